The first-order valence-corrected chi connectivity index (χ1v) is 8.05. The normalized spacial score (nSPS) is 10.1. The van der Waals surface area contributed by atoms with Crippen LogP contribution in [0.2, 0.25) is 10.0 Å². The average molecular weight is 399 g/mol. The van der Waals surface area contributed by atoms with Crippen molar-refractivity contribution in [3.05, 3.63) is 69.5 Å². The third kappa shape index (κ3) is 5.72. The lowest BCUT2D eigenvalue weighted by Gasteiger charge is -2.09. The van der Waals surface area contributed by atoms with Gasteiger partial charge in [-0.3, -0.25) is 25.2 Å². The fourth-order valence-electron chi connectivity index (χ4n) is 1.89. The molecule has 0 unspecified atom stereocenters. The van der Waals surface area contributed by atoms with Crippen molar-refractivity contribution in [3.8, 4) is 0 Å². The molecule has 0 aliphatic carbocycles. The van der Waals surface area contributed by atoms with E-state index >= 15 is 0 Å². The molecular weight excluding hydrogens is 386 g/mol. The maximum absolute atomic E-state index is 13.4. The highest BCUT2D eigenvalue weighted by Gasteiger charge is 2.13. The second kappa shape index (κ2) is 9.17. The molecule has 26 heavy (non-hydrogen) atoms. The minimum absolute atomic E-state index is 0.105. The number of rotatable bonds is 5. The molecule has 2 N–H and O–H groups in total. The monoisotopic (exact) mass is 398 g/mol. The van der Waals surface area contributed by atoms with Crippen molar-refractivity contribution < 1.29 is 23.5 Å². The van der Waals surface area contributed by atoms with Gasteiger partial charge in [-0.25, -0.2) is 4.39 Å². The second-order valence-corrected chi connectivity index (χ2v) is 5.88. The molecule has 0 aromatic heterocycles. The van der Waals surface area contributed by atoms with Crippen LogP contribution in [0.15, 0.2) is 42.5 Å². The summed E-state index contributed by atoms with van der Waals surface area (Å²) in [5, 5.41) is 0.652. The number of nitrogens with one attached hydrogen (secondary N) is 2. The molecule has 2 rings (SSSR count). The van der Waals surface area contributed by atoms with Crippen LogP contribution >= 0.6 is 23.2 Å². The van der Waals surface area contributed by atoms with Crippen molar-refractivity contribution in [1.82, 2.24) is 10.9 Å². The van der Waals surface area contributed by atoms with Crippen LogP contribution in [0.1, 0.15) is 15.9 Å². The third-order valence-corrected chi connectivity index (χ3v) is 3.87. The number of carbonyl (C=O) groups excluding carboxylic acids is 3. The first-order chi connectivity index (χ1) is 12.4. The van der Waals surface area contributed by atoms with Gasteiger partial charge in [-0.15, -0.1) is 0 Å². The van der Waals surface area contributed by atoms with Gasteiger partial charge in [0.05, 0.1) is 22.0 Å². The van der Waals surface area contributed by atoms with Crippen LogP contribution in [0.3, 0.4) is 0 Å². The number of carbonyl (C=O) groups is 3. The van der Waals surface area contributed by atoms with E-state index in [0.717, 1.165) is 6.07 Å². The number of hydrogen-bond acceptors (Lipinski definition) is 4. The van der Waals surface area contributed by atoms with Crippen molar-refractivity contribution in [1.29, 1.82) is 0 Å². The van der Waals surface area contributed by atoms with Crippen LogP contribution in [0, 0.1) is 5.82 Å². The van der Waals surface area contributed by atoms with E-state index in [1.54, 1.807) is 6.07 Å². The van der Waals surface area contributed by atoms with E-state index in [0.29, 0.717) is 15.6 Å². The van der Waals surface area contributed by atoms with Gasteiger partial charge in [-0.05, 0) is 29.8 Å². The van der Waals surface area contributed by atoms with Crippen molar-refractivity contribution >= 4 is 41.0 Å². The zero-order valence-corrected chi connectivity index (χ0v) is 14.7. The van der Waals surface area contributed by atoms with E-state index in [1.807, 2.05) is 10.9 Å². The topological polar surface area (TPSA) is 84.5 Å². The molecule has 0 spiro atoms. The van der Waals surface area contributed by atoms with E-state index in [4.69, 9.17) is 27.9 Å². The highest BCUT2D eigenvalue weighted by Crippen LogP contribution is 2.22. The molecule has 0 fully saturated rings. The number of amides is 2. The Morgan fingerprint density at radius 3 is 2.42 bits per heavy atom. The minimum atomic E-state index is -0.835. The molecular formula is C17H13Cl2FN2O4. The Morgan fingerprint density at radius 1 is 1.00 bits per heavy atom. The highest BCUT2D eigenvalue weighted by atomic mass is 35.5. The van der Waals surface area contributed by atoms with Crippen molar-refractivity contribution in [3.63, 3.8) is 0 Å². The van der Waals surface area contributed by atoms with Crippen LogP contribution < -0.4 is 10.9 Å². The summed E-state index contributed by atoms with van der Waals surface area (Å²) in [7, 11) is 0. The molecule has 0 saturated heterocycles. The number of hydrogen-bond donors (Lipinski definition) is 2. The minimum Gasteiger partial charge on any atom is -0.455 e. The molecule has 6 nitrogen and oxygen atoms in total. The molecule has 0 aliphatic rings. The average Bonchev–Trinajstić information content (AvgIpc) is 2.61. The Kier molecular flexibility index (Phi) is 6.94. The summed E-state index contributed by atoms with van der Waals surface area (Å²) in [5.74, 6) is -3.01. The number of halogens is 3. The molecule has 9 heteroatoms. The van der Waals surface area contributed by atoms with Crippen molar-refractivity contribution in [2.24, 2.45) is 0 Å². The molecule has 2 aromatic carbocycles. The van der Waals surface area contributed by atoms with Gasteiger partial charge in [0.2, 0.25) is 0 Å². The number of benzene rings is 2. The van der Waals surface area contributed by atoms with Gasteiger partial charge in [-0.2, -0.15) is 0 Å². The Labute approximate surface area is 158 Å². The predicted molar refractivity (Wildman–Crippen MR) is 93.1 cm³/mol. The van der Waals surface area contributed by atoms with Gasteiger partial charge < -0.3 is 4.74 Å². The fraction of sp³-hybridized carbons (Fsp3) is 0.118. The zero-order valence-electron chi connectivity index (χ0n) is 13.2. The number of hydrazine groups is 1. The zero-order chi connectivity index (χ0) is 19.1. The van der Waals surface area contributed by atoms with E-state index in [1.165, 1.54) is 30.3 Å². The molecule has 0 aliphatic heterocycles. The molecule has 0 saturated carbocycles. The number of ether oxygens (including phenoxy) is 1. The molecule has 2 aromatic rings. The molecule has 0 heterocycles. The van der Waals surface area contributed by atoms with Crippen LogP contribution in [-0.2, 0) is 20.7 Å². The van der Waals surface area contributed by atoms with Crippen molar-refractivity contribution in [2.45, 2.75) is 6.42 Å². The fourth-order valence-corrected chi connectivity index (χ4v) is 2.21. The van der Waals surface area contributed by atoms with Gasteiger partial charge in [0.15, 0.2) is 6.61 Å². The Morgan fingerprint density at radius 2 is 1.73 bits per heavy atom. The summed E-state index contributed by atoms with van der Waals surface area (Å²) in [4.78, 5) is 35.0. The lowest BCUT2D eigenvalue weighted by atomic mass is 10.1. The molecule has 2 amide bonds. The van der Waals surface area contributed by atoms with E-state index in [2.05, 4.69) is 0 Å². The summed E-state index contributed by atoms with van der Waals surface area (Å²) in [6.45, 7) is -0.613. The summed E-state index contributed by atoms with van der Waals surface area (Å²) in [6, 6.07) is 9.93. The SMILES string of the molecule is O=C(COC(=O)Cc1ccc(Cl)c(Cl)c1)NNC(=O)c1ccccc1F. The Hall–Kier alpha value is -2.64. The van der Waals surface area contributed by atoms with E-state index in [-0.39, 0.29) is 12.0 Å². The van der Waals surface area contributed by atoms with Crippen LogP contribution in [0.4, 0.5) is 4.39 Å². The van der Waals surface area contributed by atoms with Gasteiger partial charge >= 0.3 is 5.97 Å². The van der Waals surface area contributed by atoms with Gasteiger partial charge in [0.25, 0.3) is 11.8 Å². The quantitative estimate of drug-likeness (QED) is 0.598. The van der Waals surface area contributed by atoms with Gasteiger partial charge in [-0.1, -0.05) is 41.4 Å². The largest absolute Gasteiger partial charge is 0.455 e. The summed E-state index contributed by atoms with van der Waals surface area (Å²) >= 11 is 11.6. The first-order valence-electron chi connectivity index (χ1n) is 7.30. The Bertz CT molecular complexity index is 845. The number of esters is 1. The standard InChI is InChI=1S/C17H13Cl2FN2O4/c18-12-6-5-10(7-13(12)19)8-16(24)26-9-15(23)21-22-17(25)11-3-1-2-4-14(11)20/h1-7H,8-9H2,(H,21,23)(H,22,25). The second-order valence-electron chi connectivity index (χ2n) is 5.07. The molecule has 0 atom stereocenters. The Balaban J connectivity index is 1.76. The maximum Gasteiger partial charge on any atom is 0.310 e. The van der Waals surface area contributed by atoms with Crippen molar-refractivity contribution in [2.75, 3.05) is 6.61 Å². The van der Waals surface area contributed by atoms with Crippen LogP contribution in [0.5, 0.6) is 0 Å². The smallest absolute Gasteiger partial charge is 0.310 e. The first kappa shape index (κ1) is 19.7. The van der Waals surface area contributed by atoms with E-state index in [9.17, 15) is 18.8 Å². The molecule has 0 bridgehead atoms. The van der Waals surface area contributed by atoms with E-state index < -0.39 is 30.2 Å². The maximum atomic E-state index is 13.4. The highest BCUT2D eigenvalue weighted by molar-refractivity contribution is 6.42. The molecule has 136 valence electrons. The summed E-state index contributed by atoms with van der Waals surface area (Å²) in [6.07, 6.45) is -0.105. The van der Waals surface area contributed by atoms with Gasteiger partial charge in [0.1, 0.15) is 5.82 Å². The summed E-state index contributed by atoms with van der Waals surface area (Å²) < 4.78 is 18.2. The molecule has 0 radical (unpaired) electrons. The third-order valence-electron chi connectivity index (χ3n) is 3.13. The lowest BCUT2D eigenvalue weighted by Crippen LogP contribution is -2.43. The lowest BCUT2D eigenvalue weighted by molar-refractivity contribution is -0.148. The predicted octanol–water partition coefficient (Wildman–Crippen LogP) is 2.68. The van der Waals surface area contributed by atoms with Gasteiger partial charge in [0, 0.05) is 0 Å². The summed E-state index contributed by atoms with van der Waals surface area (Å²) in [5.41, 5.74) is 4.38. The van der Waals surface area contributed by atoms with Crippen LogP contribution in [0.25, 0.3) is 0 Å². The van der Waals surface area contributed by atoms with Crippen LogP contribution in [-0.4, -0.2) is 24.4 Å².